The highest BCUT2D eigenvalue weighted by atomic mass is 16.6. The third-order valence-corrected chi connectivity index (χ3v) is 3.85. The number of allylic oxidation sites excluding steroid dienone is 8. The van der Waals surface area contributed by atoms with Crippen molar-refractivity contribution < 1.29 is 14.5 Å². The first-order valence-electron chi connectivity index (χ1n) is 6.91. The molecule has 0 aromatic rings. The van der Waals surface area contributed by atoms with Crippen LogP contribution >= 0.6 is 0 Å². The summed E-state index contributed by atoms with van der Waals surface area (Å²) in [5.74, 6) is 0.791. The molecule has 0 fully saturated rings. The highest BCUT2D eigenvalue weighted by Gasteiger charge is 2.32. The number of carbonyl (C=O) groups excluding carboxylic acids is 1. The van der Waals surface area contributed by atoms with Crippen LogP contribution in [0.15, 0.2) is 58.7 Å². The summed E-state index contributed by atoms with van der Waals surface area (Å²) in [5.41, 5.74) is 1.91. The molecule has 0 saturated carbocycles. The van der Waals surface area contributed by atoms with Gasteiger partial charge < -0.3 is 4.74 Å². The minimum absolute atomic E-state index is 0.00234. The van der Waals surface area contributed by atoms with Gasteiger partial charge in [-0.3, -0.25) is 14.9 Å². The van der Waals surface area contributed by atoms with Crippen molar-refractivity contribution >= 4 is 5.78 Å². The summed E-state index contributed by atoms with van der Waals surface area (Å²) in [5, 5.41) is 10.9. The lowest BCUT2D eigenvalue weighted by Crippen LogP contribution is -2.24. The van der Waals surface area contributed by atoms with E-state index in [1.54, 1.807) is 0 Å². The van der Waals surface area contributed by atoms with Gasteiger partial charge in [-0.15, -0.1) is 0 Å². The van der Waals surface area contributed by atoms with Crippen LogP contribution in [0.1, 0.15) is 26.2 Å². The molecule has 108 valence electrons. The van der Waals surface area contributed by atoms with Crippen LogP contribution < -0.4 is 0 Å². The molecule has 1 heterocycles. The summed E-state index contributed by atoms with van der Waals surface area (Å²) < 4.78 is 5.80. The predicted octanol–water partition coefficient (Wildman–Crippen LogP) is 3.20. The van der Waals surface area contributed by atoms with Gasteiger partial charge in [0.05, 0.1) is 10.8 Å². The number of hydrogen-bond donors (Lipinski definition) is 0. The summed E-state index contributed by atoms with van der Waals surface area (Å²) >= 11 is 0. The first-order chi connectivity index (χ1) is 10.0. The van der Waals surface area contributed by atoms with Crippen molar-refractivity contribution in [1.82, 2.24) is 0 Å². The number of carbonyl (C=O) groups is 1. The Balaban J connectivity index is 1.91. The molecule has 21 heavy (non-hydrogen) atoms. The second-order valence-corrected chi connectivity index (χ2v) is 5.44. The zero-order chi connectivity index (χ0) is 15.0. The SMILES string of the molecule is CC1=CC=C2OC(C3=CCCC([N+](=O)[O-])=C3)=CC(=O)C2C1. The van der Waals surface area contributed by atoms with E-state index in [1.807, 2.05) is 25.2 Å². The molecule has 5 nitrogen and oxygen atoms in total. The van der Waals surface area contributed by atoms with Crippen molar-refractivity contribution in [3.8, 4) is 0 Å². The molecule has 3 rings (SSSR count). The molecule has 1 atom stereocenters. The molecule has 0 N–H and O–H groups in total. The molecule has 0 amide bonds. The number of hydrogen-bond acceptors (Lipinski definition) is 4. The van der Waals surface area contributed by atoms with Crippen LogP contribution in [0.3, 0.4) is 0 Å². The normalized spacial score (nSPS) is 24.7. The fourth-order valence-corrected chi connectivity index (χ4v) is 2.71. The maximum Gasteiger partial charge on any atom is 0.247 e. The van der Waals surface area contributed by atoms with Crippen molar-refractivity contribution in [2.45, 2.75) is 26.2 Å². The summed E-state index contributed by atoms with van der Waals surface area (Å²) in [4.78, 5) is 22.7. The van der Waals surface area contributed by atoms with Gasteiger partial charge in [-0.1, -0.05) is 17.7 Å². The summed E-state index contributed by atoms with van der Waals surface area (Å²) in [6, 6.07) is 0. The smallest absolute Gasteiger partial charge is 0.247 e. The van der Waals surface area contributed by atoms with E-state index in [1.165, 1.54) is 12.2 Å². The van der Waals surface area contributed by atoms with Crippen molar-refractivity contribution in [2.24, 2.45) is 5.92 Å². The molecule has 1 aliphatic heterocycles. The van der Waals surface area contributed by atoms with Crippen molar-refractivity contribution in [2.75, 3.05) is 0 Å². The maximum absolute atomic E-state index is 12.2. The third-order valence-electron chi connectivity index (χ3n) is 3.85. The summed E-state index contributed by atoms with van der Waals surface area (Å²) in [7, 11) is 0. The number of ketones is 1. The van der Waals surface area contributed by atoms with Gasteiger partial charge in [0.1, 0.15) is 11.5 Å². The molecule has 2 aliphatic carbocycles. The average Bonchev–Trinajstić information content (AvgIpc) is 2.48. The summed E-state index contributed by atoms with van der Waals surface area (Å²) in [6.07, 6.45) is 10.2. The Morgan fingerprint density at radius 1 is 1.33 bits per heavy atom. The van der Waals surface area contributed by atoms with E-state index in [4.69, 9.17) is 4.74 Å². The Morgan fingerprint density at radius 2 is 2.14 bits per heavy atom. The molecule has 0 aromatic carbocycles. The first-order valence-corrected chi connectivity index (χ1v) is 6.91. The van der Waals surface area contributed by atoms with Gasteiger partial charge in [-0.25, -0.2) is 0 Å². The lowest BCUT2D eigenvalue weighted by molar-refractivity contribution is -0.428. The highest BCUT2D eigenvalue weighted by Crippen LogP contribution is 2.36. The topological polar surface area (TPSA) is 69.4 Å². The van der Waals surface area contributed by atoms with E-state index in [-0.39, 0.29) is 22.3 Å². The lowest BCUT2D eigenvalue weighted by Gasteiger charge is -2.27. The van der Waals surface area contributed by atoms with Crippen LogP contribution in [0, 0.1) is 16.0 Å². The van der Waals surface area contributed by atoms with E-state index in [0.717, 1.165) is 5.57 Å². The van der Waals surface area contributed by atoms with Crippen LogP contribution in [0.2, 0.25) is 0 Å². The van der Waals surface area contributed by atoms with Gasteiger partial charge >= 0.3 is 0 Å². The molecule has 0 bridgehead atoms. The number of rotatable bonds is 2. The van der Waals surface area contributed by atoms with Crippen molar-refractivity contribution in [3.63, 3.8) is 0 Å². The Bertz CT molecular complexity index is 676. The highest BCUT2D eigenvalue weighted by molar-refractivity contribution is 5.96. The average molecular weight is 285 g/mol. The number of fused-ring (bicyclic) bond motifs is 1. The molecule has 0 saturated heterocycles. The standard InChI is InChI=1S/C16H15NO4/c1-10-5-6-15-13(7-10)14(18)9-16(21-15)11-3-2-4-12(8-11)17(19)20/h3,5-6,8-9,13H,2,4,7H2,1H3. The maximum atomic E-state index is 12.2. The zero-order valence-electron chi connectivity index (χ0n) is 11.7. The van der Waals surface area contributed by atoms with Gasteiger partial charge in [-0.2, -0.15) is 0 Å². The molecule has 0 radical (unpaired) electrons. The number of ether oxygens (including phenoxy) is 1. The van der Waals surface area contributed by atoms with Crippen LogP contribution in [0.4, 0.5) is 0 Å². The fourth-order valence-electron chi connectivity index (χ4n) is 2.71. The Morgan fingerprint density at radius 3 is 2.90 bits per heavy atom. The van der Waals surface area contributed by atoms with Crippen molar-refractivity contribution in [1.29, 1.82) is 0 Å². The fraction of sp³-hybridized carbons (Fsp3) is 0.312. The molecular formula is C16H15NO4. The second kappa shape index (κ2) is 5.16. The number of nitro groups is 1. The quantitative estimate of drug-likeness (QED) is 0.577. The van der Waals surface area contributed by atoms with Gasteiger partial charge in [0.25, 0.3) is 0 Å². The Hall–Kier alpha value is -2.43. The minimum atomic E-state index is -0.382. The monoisotopic (exact) mass is 285 g/mol. The molecule has 5 heteroatoms. The number of nitrogens with zero attached hydrogens (tertiary/aromatic N) is 1. The zero-order valence-corrected chi connectivity index (χ0v) is 11.7. The van der Waals surface area contributed by atoms with Gasteiger partial charge in [0, 0.05) is 24.1 Å². The lowest BCUT2D eigenvalue weighted by atomic mass is 9.87. The summed E-state index contributed by atoms with van der Waals surface area (Å²) in [6.45, 7) is 1.98. The predicted molar refractivity (Wildman–Crippen MR) is 76.5 cm³/mol. The minimum Gasteiger partial charge on any atom is -0.460 e. The molecule has 1 unspecified atom stereocenters. The largest absolute Gasteiger partial charge is 0.460 e. The van der Waals surface area contributed by atoms with Crippen LogP contribution in [0.5, 0.6) is 0 Å². The van der Waals surface area contributed by atoms with E-state index in [2.05, 4.69) is 0 Å². The molecule has 0 spiro atoms. The van der Waals surface area contributed by atoms with Gasteiger partial charge in [-0.05, 0) is 25.8 Å². The van der Waals surface area contributed by atoms with Crippen LogP contribution in [-0.4, -0.2) is 10.7 Å². The molecular weight excluding hydrogens is 270 g/mol. The Kier molecular flexibility index (Phi) is 3.33. The van der Waals surface area contributed by atoms with E-state index < -0.39 is 0 Å². The second-order valence-electron chi connectivity index (χ2n) is 5.44. The van der Waals surface area contributed by atoms with E-state index in [9.17, 15) is 14.9 Å². The van der Waals surface area contributed by atoms with Crippen LogP contribution in [-0.2, 0) is 9.53 Å². The first kappa shape index (κ1) is 13.5. The van der Waals surface area contributed by atoms with Gasteiger partial charge in [0.15, 0.2) is 5.78 Å². The van der Waals surface area contributed by atoms with Gasteiger partial charge in [0.2, 0.25) is 5.70 Å². The van der Waals surface area contributed by atoms with Crippen molar-refractivity contribution in [3.05, 3.63) is 68.9 Å². The van der Waals surface area contributed by atoms with E-state index >= 15 is 0 Å². The third kappa shape index (κ3) is 2.59. The van der Waals surface area contributed by atoms with E-state index in [0.29, 0.717) is 36.4 Å². The molecule has 3 aliphatic rings. The molecule has 0 aromatic heterocycles. The van der Waals surface area contributed by atoms with Crippen LogP contribution in [0.25, 0.3) is 0 Å². The Labute approximate surface area is 122 Å².